The second kappa shape index (κ2) is 11.1. The summed E-state index contributed by atoms with van der Waals surface area (Å²) >= 11 is 7.21. The number of hydrogen-bond acceptors (Lipinski definition) is 3. The average Bonchev–Trinajstić information content (AvgIpc) is 1.59. The summed E-state index contributed by atoms with van der Waals surface area (Å²) in [7, 11) is 0. The van der Waals surface area contributed by atoms with Crippen LogP contribution in [0.2, 0.25) is 0 Å². The van der Waals surface area contributed by atoms with Gasteiger partial charge in [-0.2, -0.15) is 0 Å². The Morgan fingerprint density at radius 2 is 0.692 bits per heavy atom. The van der Waals surface area contributed by atoms with Gasteiger partial charge in [-0.1, -0.05) is 13.8 Å². The van der Waals surface area contributed by atoms with Gasteiger partial charge in [0.25, 0.3) is 0 Å². The lowest BCUT2D eigenvalue weighted by Crippen LogP contribution is -1.65. The molecular weight excluding hydrogens is 260 g/mol. The molecule has 0 aromatic heterocycles. The first kappa shape index (κ1) is 23.7. The molecule has 0 aliphatic carbocycles. The highest BCUT2D eigenvalue weighted by Crippen LogP contribution is 2.26. The van der Waals surface area contributed by atoms with Crippen molar-refractivity contribution < 1.29 is 29.4 Å². The lowest BCUT2D eigenvalue weighted by molar-refractivity contribution is 0.361. The van der Waals surface area contributed by atoms with Crippen molar-refractivity contribution in [2.24, 2.45) is 0 Å². The summed E-state index contributed by atoms with van der Waals surface area (Å²) in [4.78, 5) is 45.3. The zero-order chi connectivity index (χ0) is 11.0. The summed E-state index contributed by atoms with van der Waals surface area (Å²) in [6.07, 6.45) is 0. The first-order valence-electron chi connectivity index (χ1n) is 2.57. The van der Waals surface area contributed by atoms with Crippen LogP contribution in [0.3, 0.4) is 0 Å². The minimum atomic E-state index is -3.81. The summed E-state index contributed by atoms with van der Waals surface area (Å²) in [6.45, 7) is -3.61. The third-order valence-electron chi connectivity index (χ3n) is 0. The smallest absolute Gasteiger partial charge is 0.319 e. The molecule has 86 valence electrons. The summed E-state index contributed by atoms with van der Waals surface area (Å²) in [6, 6.07) is 0. The van der Waals surface area contributed by atoms with Gasteiger partial charge in [-0.3, -0.25) is 0 Å². The summed E-state index contributed by atoms with van der Waals surface area (Å²) in [5.74, 6) is 0. The number of hydrogen-bond donors (Lipinski definition) is 7. The average molecular weight is 275 g/mol. The standard InChI is InChI=1S/C2H6.H3N.2H3O3PS/c1-2;;2*1-4(2,3)5/h1-2H3;1H3;2*(H3,1,2,3,5). The minimum absolute atomic E-state index is 0. The lowest BCUT2D eigenvalue weighted by Gasteiger charge is -1.88. The van der Waals surface area contributed by atoms with Gasteiger partial charge in [-0.15, -0.1) is 0 Å². The molecule has 0 heterocycles. The van der Waals surface area contributed by atoms with E-state index in [9.17, 15) is 0 Å². The first-order chi connectivity index (χ1) is 5.00. The zero-order valence-corrected chi connectivity index (χ0v) is 10.5. The predicted molar refractivity (Wildman–Crippen MR) is 58.3 cm³/mol. The Hall–Kier alpha value is 1.02. The topological polar surface area (TPSA) is 156 Å². The third kappa shape index (κ3) is 1520. The van der Waals surface area contributed by atoms with Crippen LogP contribution in [0.15, 0.2) is 0 Å². The van der Waals surface area contributed by atoms with Crippen molar-refractivity contribution in [3.63, 3.8) is 0 Å². The number of rotatable bonds is 0. The second-order valence-corrected chi connectivity index (χ2v) is 6.02. The van der Waals surface area contributed by atoms with E-state index in [2.05, 4.69) is 23.6 Å². The maximum absolute atomic E-state index is 7.56. The maximum atomic E-state index is 7.56. The van der Waals surface area contributed by atoms with Gasteiger partial charge in [0.15, 0.2) is 0 Å². The van der Waals surface area contributed by atoms with Crippen molar-refractivity contribution in [3.05, 3.63) is 0 Å². The van der Waals surface area contributed by atoms with Crippen LogP contribution in [0, 0.1) is 0 Å². The Bertz CT molecular complexity index is 139. The van der Waals surface area contributed by atoms with Crippen LogP contribution >= 0.6 is 13.4 Å². The van der Waals surface area contributed by atoms with E-state index in [0.29, 0.717) is 0 Å². The van der Waals surface area contributed by atoms with E-state index in [-0.39, 0.29) is 6.15 Å². The Labute approximate surface area is 86.8 Å². The van der Waals surface area contributed by atoms with Crippen molar-refractivity contribution in [1.29, 1.82) is 0 Å². The molecule has 9 N–H and O–H groups in total. The fourth-order valence-corrected chi connectivity index (χ4v) is 0. The molecule has 0 radical (unpaired) electrons. The van der Waals surface area contributed by atoms with E-state index in [4.69, 9.17) is 29.4 Å². The van der Waals surface area contributed by atoms with E-state index in [1.165, 1.54) is 0 Å². The van der Waals surface area contributed by atoms with Crippen LogP contribution in [0.1, 0.15) is 13.8 Å². The molecule has 0 aromatic rings. The Morgan fingerprint density at radius 1 is 0.692 bits per heavy atom. The van der Waals surface area contributed by atoms with Crippen LogP contribution in [0.25, 0.3) is 0 Å². The van der Waals surface area contributed by atoms with Crippen molar-refractivity contribution in [1.82, 2.24) is 6.15 Å². The van der Waals surface area contributed by atoms with Gasteiger partial charge in [0.05, 0.1) is 0 Å². The van der Waals surface area contributed by atoms with Crippen molar-refractivity contribution in [2.75, 3.05) is 0 Å². The molecule has 0 unspecified atom stereocenters. The lowest BCUT2D eigenvalue weighted by atomic mass is 11.0. The largest absolute Gasteiger partial charge is 0.344 e. The molecule has 0 aromatic carbocycles. The van der Waals surface area contributed by atoms with Crippen molar-refractivity contribution in [2.45, 2.75) is 13.8 Å². The highest BCUT2D eigenvalue weighted by molar-refractivity contribution is 8.06. The fraction of sp³-hybridized carbons (Fsp3) is 1.00. The highest BCUT2D eigenvalue weighted by atomic mass is 32.5. The Balaban J connectivity index is -0.0000000491. The molecule has 0 amide bonds. The van der Waals surface area contributed by atoms with E-state index >= 15 is 0 Å². The van der Waals surface area contributed by atoms with Crippen LogP contribution in [-0.2, 0) is 23.6 Å². The van der Waals surface area contributed by atoms with Crippen molar-refractivity contribution >= 4 is 37.1 Å². The molecule has 0 atom stereocenters. The van der Waals surface area contributed by atoms with Gasteiger partial charge in [-0.25, -0.2) is 0 Å². The summed E-state index contributed by atoms with van der Waals surface area (Å²) in [5, 5.41) is 0. The molecule has 0 fully saturated rings. The molecular formula is C2H15NO6P2S2. The van der Waals surface area contributed by atoms with E-state index in [1.54, 1.807) is 0 Å². The molecule has 7 nitrogen and oxygen atoms in total. The van der Waals surface area contributed by atoms with Crippen LogP contribution in [0.5, 0.6) is 0 Å². The highest BCUT2D eigenvalue weighted by Gasteiger charge is 1.92. The maximum Gasteiger partial charge on any atom is 0.319 e. The van der Waals surface area contributed by atoms with E-state index < -0.39 is 13.4 Å². The van der Waals surface area contributed by atoms with E-state index in [0.717, 1.165) is 0 Å². The zero-order valence-electron chi connectivity index (χ0n) is 7.10. The predicted octanol–water partition coefficient (Wildman–Crippen LogP) is -0.436. The molecule has 0 rings (SSSR count). The second-order valence-electron chi connectivity index (χ2n) is 1.03. The van der Waals surface area contributed by atoms with Crippen LogP contribution < -0.4 is 6.15 Å². The van der Waals surface area contributed by atoms with Crippen LogP contribution in [0.4, 0.5) is 0 Å². The van der Waals surface area contributed by atoms with Crippen LogP contribution in [-0.4, -0.2) is 29.4 Å². The van der Waals surface area contributed by atoms with Gasteiger partial charge < -0.3 is 35.5 Å². The first-order valence-corrected chi connectivity index (χ1v) is 7.89. The summed E-state index contributed by atoms with van der Waals surface area (Å²) < 4.78 is 0. The van der Waals surface area contributed by atoms with Crippen molar-refractivity contribution in [3.8, 4) is 0 Å². The normalized spacial score (nSPS) is 9.54. The van der Waals surface area contributed by atoms with E-state index in [1.807, 2.05) is 13.8 Å². The molecule has 13 heavy (non-hydrogen) atoms. The molecule has 0 saturated carbocycles. The quantitative estimate of drug-likeness (QED) is 0.291. The third-order valence-corrected chi connectivity index (χ3v) is 0. The molecule has 0 saturated heterocycles. The van der Waals surface area contributed by atoms with Gasteiger partial charge >= 0.3 is 13.4 Å². The molecule has 0 aliphatic rings. The Morgan fingerprint density at radius 3 is 0.692 bits per heavy atom. The minimum Gasteiger partial charge on any atom is -0.344 e. The molecule has 11 heteroatoms. The SMILES string of the molecule is CC.N.OP(O)(O)=S.OP(O)(O)=S. The monoisotopic (exact) mass is 275 g/mol. The van der Waals surface area contributed by atoms with Gasteiger partial charge in [-0.05, 0) is 23.6 Å². The Kier molecular flexibility index (Phi) is 20.2. The molecule has 0 aliphatic heterocycles. The molecule has 0 spiro atoms. The fourth-order valence-electron chi connectivity index (χ4n) is 0. The van der Waals surface area contributed by atoms with Gasteiger partial charge in [0.2, 0.25) is 0 Å². The molecule has 0 bridgehead atoms. The summed E-state index contributed by atoms with van der Waals surface area (Å²) in [5.41, 5.74) is 0. The van der Waals surface area contributed by atoms with Gasteiger partial charge in [0, 0.05) is 0 Å². The van der Waals surface area contributed by atoms with Gasteiger partial charge in [0.1, 0.15) is 0 Å².